The van der Waals surface area contributed by atoms with Gasteiger partial charge >= 0.3 is 0 Å². The molecular weight excluding hydrogens is 282 g/mol. The molecule has 0 bridgehead atoms. The monoisotopic (exact) mass is 295 g/mol. The Morgan fingerprint density at radius 3 is 3.06 bits per heavy atom. The summed E-state index contributed by atoms with van der Waals surface area (Å²) in [6.45, 7) is 1.40. The number of nitrogens with zero attached hydrogens (tertiary/aromatic N) is 1. The smallest absolute Gasteiger partial charge is 0.0954 e. The highest BCUT2D eigenvalue weighted by atomic mass is 79.9. The number of halogens is 1. The second-order valence-electron chi connectivity index (χ2n) is 3.67. The Kier molecular flexibility index (Phi) is 3.81. The molecule has 0 spiro atoms. The van der Waals surface area contributed by atoms with E-state index in [9.17, 15) is 0 Å². The third-order valence-corrected chi connectivity index (χ3v) is 2.91. The van der Waals surface area contributed by atoms with Crippen LogP contribution in [-0.4, -0.2) is 25.2 Å². The summed E-state index contributed by atoms with van der Waals surface area (Å²) in [6, 6.07) is 5.79. The van der Waals surface area contributed by atoms with Crippen LogP contribution in [0.15, 0.2) is 28.9 Å². The van der Waals surface area contributed by atoms with Crippen molar-refractivity contribution in [2.45, 2.75) is 0 Å². The molecule has 3 N–H and O–H groups in total. The minimum atomic E-state index is 0.655. The van der Waals surface area contributed by atoms with E-state index in [1.165, 1.54) is 0 Å². The summed E-state index contributed by atoms with van der Waals surface area (Å²) in [4.78, 5) is 4.39. The largest absolute Gasteiger partial charge is 0.398 e. The Hall–Kier alpha value is -1.33. The first-order valence-electron chi connectivity index (χ1n) is 5.29. The standard InChI is InChI=1S/C12H14BrN3O/c1-17-5-4-15-11-3-2-10(14)9-6-8(13)7-16-12(9)11/h2-3,6-7,15H,4-5,14H2,1H3. The number of hydrogen-bond donors (Lipinski definition) is 2. The summed E-state index contributed by atoms with van der Waals surface area (Å²) in [7, 11) is 1.68. The molecule has 90 valence electrons. The van der Waals surface area contributed by atoms with Gasteiger partial charge in [-0.1, -0.05) is 0 Å². The highest BCUT2D eigenvalue weighted by Gasteiger charge is 2.05. The van der Waals surface area contributed by atoms with E-state index >= 15 is 0 Å². The molecule has 1 aromatic heterocycles. The fourth-order valence-electron chi connectivity index (χ4n) is 1.65. The maximum atomic E-state index is 5.94. The molecule has 2 rings (SSSR count). The molecule has 0 aliphatic heterocycles. The minimum absolute atomic E-state index is 0.655. The second-order valence-corrected chi connectivity index (χ2v) is 4.59. The van der Waals surface area contributed by atoms with E-state index in [1.807, 2.05) is 18.2 Å². The molecule has 0 saturated heterocycles. The van der Waals surface area contributed by atoms with Crippen LogP contribution >= 0.6 is 15.9 Å². The molecule has 0 saturated carbocycles. The van der Waals surface area contributed by atoms with E-state index < -0.39 is 0 Å². The number of nitrogens with one attached hydrogen (secondary N) is 1. The molecule has 0 aliphatic rings. The van der Waals surface area contributed by atoms with E-state index in [4.69, 9.17) is 10.5 Å². The molecule has 4 nitrogen and oxygen atoms in total. The number of fused-ring (bicyclic) bond motifs is 1. The van der Waals surface area contributed by atoms with Gasteiger partial charge in [0.25, 0.3) is 0 Å². The number of benzene rings is 1. The summed E-state index contributed by atoms with van der Waals surface area (Å²) >= 11 is 3.40. The molecule has 1 heterocycles. The van der Waals surface area contributed by atoms with Crippen molar-refractivity contribution in [2.24, 2.45) is 0 Å². The van der Waals surface area contributed by atoms with Crippen molar-refractivity contribution in [3.8, 4) is 0 Å². The fourth-order valence-corrected chi connectivity index (χ4v) is 1.98. The number of methoxy groups -OCH3 is 1. The summed E-state index contributed by atoms with van der Waals surface area (Å²) in [5, 5.41) is 4.22. The van der Waals surface area contributed by atoms with Crippen molar-refractivity contribution in [1.82, 2.24) is 4.98 Å². The van der Waals surface area contributed by atoms with Gasteiger partial charge in [-0.3, -0.25) is 4.98 Å². The zero-order valence-corrected chi connectivity index (χ0v) is 11.1. The Morgan fingerprint density at radius 1 is 1.47 bits per heavy atom. The predicted octanol–water partition coefficient (Wildman–Crippen LogP) is 2.64. The normalized spacial score (nSPS) is 10.7. The van der Waals surface area contributed by atoms with E-state index in [0.717, 1.165) is 33.3 Å². The number of rotatable bonds is 4. The SMILES string of the molecule is COCCNc1ccc(N)c2cc(Br)cnc12. The number of nitrogen functional groups attached to an aromatic ring is 1. The lowest BCUT2D eigenvalue weighted by molar-refractivity contribution is 0.211. The van der Waals surface area contributed by atoms with Gasteiger partial charge in [0, 0.05) is 35.4 Å². The third-order valence-electron chi connectivity index (χ3n) is 2.47. The maximum absolute atomic E-state index is 5.94. The van der Waals surface area contributed by atoms with E-state index in [0.29, 0.717) is 6.61 Å². The average Bonchev–Trinajstić information content (AvgIpc) is 2.33. The quantitative estimate of drug-likeness (QED) is 0.672. The summed E-state index contributed by atoms with van der Waals surface area (Å²) in [6.07, 6.45) is 1.77. The number of pyridine rings is 1. The molecule has 0 atom stereocenters. The lowest BCUT2D eigenvalue weighted by Crippen LogP contribution is -2.08. The highest BCUT2D eigenvalue weighted by Crippen LogP contribution is 2.28. The van der Waals surface area contributed by atoms with Crippen LogP contribution < -0.4 is 11.1 Å². The molecule has 0 fully saturated rings. The van der Waals surface area contributed by atoms with Crippen LogP contribution in [0.3, 0.4) is 0 Å². The van der Waals surface area contributed by atoms with Gasteiger partial charge in [0.15, 0.2) is 0 Å². The van der Waals surface area contributed by atoms with Gasteiger partial charge in [-0.05, 0) is 34.1 Å². The first-order chi connectivity index (χ1) is 8.22. The van der Waals surface area contributed by atoms with Crippen LogP contribution in [0.5, 0.6) is 0 Å². The van der Waals surface area contributed by atoms with Crippen molar-refractivity contribution < 1.29 is 4.74 Å². The van der Waals surface area contributed by atoms with Gasteiger partial charge in [-0.2, -0.15) is 0 Å². The van der Waals surface area contributed by atoms with Gasteiger partial charge in [-0.15, -0.1) is 0 Å². The lowest BCUT2D eigenvalue weighted by atomic mass is 10.1. The molecule has 0 aliphatic carbocycles. The Bertz CT molecular complexity index is 530. The van der Waals surface area contributed by atoms with E-state index in [2.05, 4.69) is 26.2 Å². The van der Waals surface area contributed by atoms with Gasteiger partial charge in [-0.25, -0.2) is 0 Å². The third kappa shape index (κ3) is 2.68. The van der Waals surface area contributed by atoms with E-state index in [1.54, 1.807) is 13.3 Å². The Labute approximate surface area is 108 Å². The lowest BCUT2D eigenvalue weighted by Gasteiger charge is -2.10. The average molecular weight is 296 g/mol. The van der Waals surface area contributed by atoms with E-state index in [-0.39, 0.29) is 0 Å². The van der Waals surface area contributed by atoms with Crippen LogP contribution in [0.4, 0.5) is 11.4 Å². The van der Waals surface area contributed by atoms with Crippen molar-refractivity contribution in [3.05, 3.63) is 28.9 Å². The number of hydrogen-bond acceptors (Lipinski definition) is 4. The number of aromatic nitrogens is 1. The van der Waals surface area contributed by atoms with Crippen molar-refractivity contribution in [3.63, 3.8) is 0 Å². The number of anilines is 2. The molecule has 2 aromatic rings. The number of nitrogens with two attached hydrogens (primary N) is 1. The molecule has 1 aromatic carbocycles. The zero-order chi connectivity index (χ0) is 12.3. The molecule has 5 heteroatoms. The van der Waals surface area contributed by atoms with Gasteiger partial charge in [0.2, 0.25) is 0 Å². The van der Waals surface area contributed by atoms with Crippen LogP contribution in [-0.2, 0) is 4.74 Å². The van der Waals surface area contributed by atoms with Crippen LogP contribution in [0.2, 0.25) is 0 Å². The first kappa shape index (κ1) is 12.1. The highest BCUT2D eigenvalue weighted by molar-refractivity contribution is 9.10. The molecule has 0 unspecified atom stereocenters. The van der Waals surface area contributed by atoms with Gasteiger partial charge < -0.3 is 15.8 Å². The summed E-state index contributed by atoms with van der Waals surface area (Å²) in [5.74, 6) is 0. The summed E-state index contributed by atoms with van der Waals surface area (Å²) < 4.78 is 5.93. The number of ether oxygens (including phenoxy) is 1. The molecular formula is C12H14BrN3O. The Balaban J connectivity index is 2.40. The van der Waals surface area contributed by atoms with Crippen LogP contribution in [0.25, 0.3) is 10.9 Å². The maximum Gasteiger partial charge on any atom is 0.0954 e. The van der Waals surface area contributed by atoms with Crippen LogP contribution in [0.1, 0.15) is 0 Å². The Morgan fingerprint density at radius 2 is 2.29 bits per heavy atom. The molecule has 0 radical (unpaired) electrons. The molecule has 17 heavy (non-hydrogen) atoms. The van der Waals surface area contributed by atoms with Crippen molar-refractivity contribution in [1.29, 1.82) is 0 Å². The predicted molar refractivity (Wildman–Crippen MR) is 74.2 cm³/mol. The second kappa shape index (κ2) is 5.33. The zero-order valence-electron chi connectivity index (χ0n) is 9.53. The summed E-state index contributed by atoms with van der Waals surface area (Å²) in [5.41, 5.74) is 8.51. The topological polar surface area (TPSA) is 60.2 Å². The fraction of sp³-hybridized carbons (Fsp3) is 0.250. The van der Waals surface area contributed by atoms with Crippen molar-refractivity contribution >= 4 is 38.2 Å². The van der Waals surface area contributed by atoms with Gasteiger partial charge in [0.1, 0.15) is 0 Å². The van der Waals surface area contributed by atoms with Gasteiger partial charge in [0.05, 0.1) is 17.8 Å². The minimum Gasteiger partial charge on any atom is -0.398 e. The molecule has 0 amide bonds. The van der Waals surface area contributed by atoms with Crippen molar-refractivity contribution in [2.75, 3.05) is 31.3 Å². The first-order valence-corrected chi connectivity index (χ1v) is 6.08. The van der Waals surface area contributed by atoms with Crippen LogP contribution in [0, 0.1) is 0 Å².